The van der Waals surface area contributed by atoms with Crippen molar-refractivity contribution in [3.8, 4) is 0 Å². The minimum absolute atomic E-state index is 0.0551. The number of esters is 2. The second kappa shape index (κ2) is 19.1. The van der Waals surface area contributed by atoms with Gasteiger partial charge in [-0.2, -0.15) is 0 Å². The van der Waals surface area contributed by atoms with Crippen LogP contribution in [0.1, 0.15) is 102 Å². The monoisotopic (exact) mass is 418 g/mol. The van der Waals surface area contributed by atoms with E-state index >= 15 is 0 Å². The lowest BCUT2D eigenvalue weighted by Gasteiger charge is -2.06. The Morgan fingerprint density at radius 2 is 1.13 bits per heavy atom. The van der Waals surface area contributed by atoms with E-state index < -0.39 is 0 Å². The van der Waals surface area contributed by atoms with Crippen LogP contribution in [0, 0.1) is 0 Å². The molecule has 0 amide bonds. The first-order chi connectivity index (χ1) is 14.7. The molecular formula is C26H42O4. The van der Waals surface area contributed by atoms with Gasteiger partial charge in [0.05, 0.1) is 13.2 Å². The SMILES string of the molecule is CCCCCCCOC(=O)CCCCCCCCC(=O)OCCCc1ccccc1. The van der Waals surface area contributed by atoms with E-state index in [0.29, 0.717) is 26.1 Å². The van der Waals surface area contributed by atoms with Crippen LogP contribution in [-0.4, -0.2) is 25.2 Å². The number of hydrogen-bond donors (Lipinski definition) is 0. The number of aryl methyl sites for hydroxylation is 1. The van der Waals surface area contributed by atoms with Gasteiger partial charge in [-0.25, -0.2) is 0 Å². The summed E-state index contributed by atoms with van der Waals surface area (Å²) in [6, 6.07) is 10.3. The molecule has 4 nitrogen and oxygen atoms in total. The molecular weight excluding hydrogens is 376 g/mol. The molecule has 0 fully saturated rings. The highest BCUT2D eigenvalue weighted by molar-refractivity contribution is 5.69. The minimum atomic E-state index is -0.0829. The van der Waals surface area contributed by atoms with Gasteiger partial charge in [0.15, 0.2) is 0 Å². The molecule has 0 heterocycles. The number of rotatable bonds is 19. The van der Waals surface area contributed by atoms with Crippen LogP contribution in [0.15, 0.2) is 30.3 Å². The molecule has 1 aromatic rings. The molecule has 1 rings (SSSR count). The summed E-state index contributed by atoms with van der Waals surface area (Å²) >= 11 is 0. The molecule has 0 aliphatic rings. The van der Waals surface area contributed by atoms with Crippen molar-refractivity contribution in [3.05, 3.63) is 35.9 Å². The van der Waals surface area contributed by atoms with Gasteiger partial charge in [0.1, 0.15) is 0 Å². The standard InChI is InChI=1S/C26H42O4/c1-2-3-4-9-15-22-29-25(27)20-13-7-5-6-8-14-21-26(28)30-23-16-19-24-17-11-10-12-18-24/h10-12,17-18H,2-9,13-16,19-23H2,1H3. The van der Waals surface area contributed by atoms with Crippen molar-refractivity contribution in [3.63, 3.8) is 0 Å². The minimum Gasteiger partial charge on any atom is -0.466 e. The van der Waals surface area contributed by atoms with Gasteiger partial charge in [-0.05, 0) is 37.7 Å². The molecule has 0 spiro atoms. The molecule has 0 bridgehead atoms. The van der Waals surface area contributed by atoms with Crippen molar-refractivity contribution in [2.75, 3.05) is 13.2 Å². The Kier molecular flexibility index (Phi) is 16.7. The average molecular weight is 419 g/mol. The molecule has 0 radical (unpaired) electrons. The highest BCUT2D eigenvalue weighted by Gasteiger charge is 2.04. The van der Waals surface area contributed by atoms with Gasteiger partial charge in [0.2, 0.25) is 0 Å². The molecule has 0 atom stereocenters. The van der Waals surface area contributed by atoms with E-state index in [1.165, 1.54) is 24.8 Å². The van der Waals surface area contributed by atoms with Gasteiger partial charge in [-0.3, -0.25) is 9.59 Å². The van der Waals surface area contributed by atoms with Crippen molar-refractivity contribution in [1.82, 2.24) is 0 Å². The number of unbranched alkanes of at least 4 members (excludes halogenated alkanes) is 9. The Balaban J connectivity index is 1.82. The van der Waals surface area contributed by atoms with Crippen LogP contribution in [-0.2, 0) is 25.5 Å². The molecule has 170 valence electrons. The second-order valence-electron chi connectivity index (χ2n) is 8.07. The second-order valence-corrected chi connectivity index (χ2v) is 8.07. The topological polar surface area (TPSA) is 52.6 Å². The quantitative estimate of drug-likeness (QED) is 0.183. The predicted molar refractivity (Wildman–Crippen MR) is 122 cm³/mol. The summed E-state index contributed by atoms with van der Waals surface area (Å²) in [4.78, 5) is 23.4. The first-order valence-electron chi connectivity index (χ1n) is 12.1. The Hall–Kier alpha value is -1.84. The number of carbonyl (C=O) groups is 2. The van der Waals surface area contributed by atoms with Crippen LogP contribution in [0.5, 0.6) is 0 Å². The third kappa shape index (κ3) is 16.0. The van der Waals surface area contributed by atoms with Gasteiger partial charge in [0.25, 0.3) is 0 Å². The Bertz CT molecular complexity index is 541. The van der Waals surface area contributed by atoms with E-state index in [2.05, 4.69) is 19.1 Å². The number of carbonyl (C=O) groups excluding carboxylic acids is 2. The Morgan fingerprint density at radius 3 is 1.73 bits per heavy atom. The van der Waals surface area contributed by atoms with Gasteiger partial charge in [-0.15, -0.1) is 0 Å². The van der Waals surface area contributed by atoms with Crippen molar-refractivity contribution in [2.24, 2.45) is 0 Å². The number of benzene rings is 1. The predicted octanol–water partition coefficient (Wildman–Crippen LogP) is 6.80. The van der Waals surface area contributed by atoms with E-state index in [4.69, 9.17) is 9.47 Å². The Morgan fingerprint density at radius 1 is 0.633 bits per heavy atom. The van der Waals surface area contributed by atoms with Gasteiger partial charge >= 0.3 is 11.9 Å². The summed E-state index contributed by atoms with van der Waals surface area (Å²) in [5.74, 6) is -0.138. The van der Waals surface area contributed by atoms with E-state index in [-0.39, 0.29) is 11.9 Å². The van der Waals surface area contributed by atoms with Crippen molar-refractivity contribution in [1.29, 1.82) is 0 Å². The maximum Gasteiger partial charge on any atom is 0.305 e. The van der Waals surface area contributed by atoms with Gasteiger partial charge < -0.3 is 9.47 Å². The molecule has 0 saturated carbocycles. The van der Waals surface area contributed by atoms with E-state index in [0.717, 1.165) is 64.2 Å². The fraction of sp³-hybridized carbons (Fsp3) is 0.692. The molecule has 0 aromatic heterocycles. The first kappa shape index (κ1) is 26.2. The van der Waals surface area contributed by atoms with E-state index in [1.54, 1.807) is 0 Å². The zero-order chi connectivity index (χ0) is 21.7. The van der Waals surface area contributed by atoms with Crippen molar-refractivity contribution >= 4 is 11.9 Å². The van der Waals surface area contributed by atoms with Crippen LogP contribution in [0.2, 0.25) is 0 Å². The fourth-order valence-corrected chi connectivity index (χ4v) is 3.39. The van der Waals surface area contributed by atoms with Gasteiger partial charge in [0, 0.05) is 12.8 Å². The van der Waals surface area contributed by atoms with Crippen molar-refractivity contribution < 1.29 is 19.1 Å². The number of ether oxygens (including phenoxy) is 2. The summed E-state index contributed by atoms with van der Waals surface area (Å²) in [6.07, 6.45) is 14.8. The highest BCUT2D eigenvalue weighted by atomic mass is 16.5. The molecule has 4 heteroatoms. The lowest BCUT2D eigenvalue weighted by Crippen LogP contribution is -2.06. The summed E-state index contributed by atoms with van der Waals surface area (Å²) < 4.78 is 10.6. The third-order valence-electron chi connectivity index (χ3n) is 5.24. The summed E-state index contributed by atoms with van der Waals surface area (Å²) in [5.41, 5.74) is 1.28. The summed E-state index contributed by atoms with van der Waals surface area (Å²) in [5, 5.41) is 0. The van der Waals surface area contributed by atoms with Gasteiger partial charge in [-0.1, -0.05) is 88.6 Å². The smallest absolute Gasteiger partial charge is 0.305 e. The molecule has 0 aliphatic carbocycles. The summed E-state index contributed by atoms with van der Waals surface area (Å²) in [7, 11) is 0. The van der Waals surface area contributed by atoms with E-state index in [9.17, 15) is 9.59 Å². The zero-order valence-electron chi connectivity index (χ0n) is 19.0. The summed E-state index contributed by atoms with van der Waals surface area (Å²) in [6.45, 7) is 3.27. The average Bonchev–Trinajstić information content (AvgIpc) is 2.76. The molecule has 30 heavy (non-hydrogen) atoms. The van der Waals surface area contributed by atoms with Crippen LogP contribution < -0.4 is 0 Å². The zero-order valence-corrected chi connectivity index (χ0v) is 19.0. The maximum atomic E-state index is 11.8. The highest BCUT2D eigenvalue weighted by Crippen LogP contribution is 2.10. The molecule has 0 saturated heterocycles. The lowest BCUT2D eigenvalue weighted by molar-refractivity contribution is -0.144. The molecule has 0 aliphatic heterocycles. The third-order valence-corrected chi connectivity index (χ3v) is 5.24. The lowest BCUT2D eigenvalue weighted by atomic mass is 10.1. The van der Waals surface area contributed by atoms with Crippen LogP contribution >= 0.6 is 0 Å². The van der Waals surface area contributed by atoms with Crippen LogP contribution in [0.25, 0.3) is 0 Å². The largest absolute Gasteiger partial charge is 0.466 e. The Labute approximate surface area is 183 Å². The van der Waals surface area contributed by atoms with Crippen LogP contribution in [0.3, 0.4) is 0 Å². The molecule has 0 unspecified atom stereocenters. The molecule has 1 aromatic carbocycles. The van der Waals surface area contributed by atoms with E-state index in [1.807, 2.05) is 18.2 Å². The molecule has 0 N–H and O–H groups in total. The number of hydrogen-bond acceptors (Lipinski definition) is 4. The van der Waals surface area contributed by atoms with Crippen LogP contribution in [0.4, 0.5) is 0 Å². The maximum absolute atomic E-state index is 11.8. The fourth-order valence-electron chi connectivity index (χ4n) is 3.39. The van der Waals surface area contributed by atoms with Crippen molar-refractivity contribution in [2.45, 2.75) is 103 Å². The normalized spacial score (nSPS) is 10.7. The first-order valence-corrected chi connectivity index (χ1v) is 12.1.